The number of aliphatic imine (C=N–C) groups is 1. The van der Waals surface area contributed by atoms with E-state index in [1.54, 1.807) is 5.01 Å². The number of nitrogens with zero attached hydrogens (tertiary/aromatic N) is 6. The van der Waals surface area contributed by atoms with Crippen molar-refractivity contribution in [3.63, 3.8) is 0 Å². The van der Waals surface area contributed by atoms with Gasteiger partial charge >= 0.3 is 6.18 Å². The quantitative estimate of drug-likeness (QED) is 0.284. The van der Waals surface area contributed by atoms with Gasteiger partial charge in [-0.15, -0.1) is 0 Å². The highest BCUT2D eigenvalue weighted by molar-refractivity contribution is 6.06. The third kappa shape index (κ3) is 8.34. The van der Waals surface area contributed by atoms with Gasteiger partial charge in [-0.25, -0.2) is 9.99 Å². The molecule has 3 aliphatic rings. The number of anilines is 1. The zero-order valence-electron chi connectivity index (χ0n) is 25.2. The fraction of sp³-hybridized carbons (Fsp3) is 0.375. The van der Waals surface area contributed by atoms with Crippen molar-refractivity contribution < 1.29 is 22.4 Å². The lowest BCUT2D eigenvalue weighted by molar-refractivity contribution is -0.138. The number of allylic oxidation sites excluding steroid dienone is 1. The molecule has 1 aromatic heterocycles. The molecular weight excluding hydrogens is 588 g/mol. The number of aromatic nitrogens is 1. The molecule has 2 N–H and O–H groups in total. The number of carbonyl (C=O) groups is 1. The Morgan fingerprint density at radius 3 is 2.60 bits per heavy atom. The summed E-state index contributed by atoms with van der Waals surface area (Å²) in [4.78, 5) is 25.1. The lowest BCUT2D eigenvalue weighted by Gasteiger charge is -2.33. The summed E-state index contributed by atoms with van der Waals surface area (Å²) >= 11 is 0. The molecule has 0 radical (unpaired) electrons. The maximum absolute atomic E-state index is 14.6. The molecule has 1 amide bonds. The van der Waals surface area contributed by atoms with Crippen molar-refractivity contribution >= 4 is 23.1 Å². The number of hydrazone groups is 1. The zero-order valence-corrected chi connectivity index (χ0v) is 25.2. The van der Waals surface area contributed by atoms with Gasteiger partial charge in [0.1, 0.15) is 11.5 Å². The van der Waals surface area contributed by atoms with Gasteiger partial charge in [-0.1, -0.05) is 25.8 Å². The zero-order chi connectivity index (χ0) is 32.1. The smallest absolute Gasteiger partial charge is 0.368 e. The first-order valence-corrected chi connectivity index (χ1v) is 14.6. The van der Waals surface area contributed by atoms with Crippen LogP contribution in [0, 0.1) is 23.7 Å². The van der Waals surface area contributed by atoms with Crippen molar-refractivity contribution in [3.8, 4) is 11.8 Å². The molecule has 0 aliphatic carbocycles. The number of benzene rings is 1. The molecule has 9 nitrogen and oxygen atoms in total. The van der Waals surface area contributed by atoms with E-state index in [-0.39, 0.29) is 28.9 Å². The lowest BCUT2D eigenvalue weighted by atomic mass is 10.0. The molecule has 2 bridgehead atoms. The minimum absolute atomic E-state index is 0.0399. The minimum Gasteiger partial charge on any atom is -0.368 e. The average Bonchev–Trinajstić information content (AvgIpc) is 3.16. The number of alkyl halides is 3. The molecular formula is C32H34F4N8O. The number of halogens is 4. The number of hydrogen-bond acceptors (Lipinski definition) is 8. The maximum Gasteiger partial charge on any atom is 0.416 e. The third-order valence-electron chi connectivity index (χ3n) is 7.39. The SMILES string of the molecule is CC(C)CNC1=NN2CC(=NC=C2C#Cc2cc(C(=O)Nc3ccc(CN4CCN(C)CC4)c(C(F)(F)F)c3)cnc2F)C=C1. The normalized spacial score (nSPS) is 17.2. The van der Waals surface area contributed by atoms with Crippen LogP contribution in [0.15, 0.2) is 64.6 Å². The molecule has 5 rings (SSSR count). The van der Waals surface area contributed by atoms with Gasteiger partial charge in [0.15, 0.2) is 0 Å². The number of fused-ring (bicyclic) bond motifs is 2. The number of amides is 1. The van der Waals surface area contributed by atoms with Crippen molar-refractivity contribution in [1.82, 2.24) is 25.1 Å². The van der Waals surface area contributed by atoms with Gasteiger partial charge in [0.05, 0.1) is 35.1 Å². The molecule has 0 unspecified atom stereocenters. The summed E-state index contributed by atoms with van der Waals surface area (Å²) in [5, 5.41) is 12.0. The van der Waals surface area contributed by atoms with E-state index in [0.717, 1.165) is 37.6 Å². The number of rotatable bonds is 6. The highest BCUT2D eigenvalue weighted by Gasteiger charge is 2.34. The van der Waals surface area contributed by atoms with Gasteiger partial charge in [0.2, 0.25) is 5.95 Å². The number of hydrogen-bond donors (Lipinski definition) is 2. The van der Waals surface area contributed by atoms with Crippen LogP contribution >= 0.6 is 0 Å². The van der Waals surface area contributed by atoms with Crippen LogP contribution in [-0.2, 0) is 12.7 Å². The molecule has 236 valence electrons. The van der Waals surface area contributed by atoms with E-state index in [1.807, 2.05) is 24.1 Å². The van der Waals surface area contributed by atoms with Crippen LogP contribution in [0.1, 0.15) is 40.9 Å². The van der Waals surface area contributed by atoms with Crippen molar-refractivity contribution in [2.24, 2.45) is 16.0 Å². The van der Waals surface area contributed by atoms with Crippen LogP contribution in [0.5, 0.6) is 0 Å². The van der Waals surface area contributed by atoms with Crippen molar-refractivity contribution in [3.05, 3.63) is 82.7 Å². The summed E-state index contributed by atoms with van der Waals surface area (Å²) in [6.07, 6.45) is 1.61. The van der Waals surface area contributed by atoms with Crippen molar-refractivity contribution in [2.45, 2.75) is 26.6 Å². The predicted octanol–water partition coefficient (Wildman–Crippen LogP) is 4.32. The molecule has 0 spiro atoms. The van der Waals surface area contributed by atoms with Crippen LogP contribution in [0.2, 0.25) is 0 Å². The number of nitrogens with one attached hydrogen (secondary N) is 2. The van der Waals surface area contributed by atoms with Gasteiger partial charge in [-0.3, -0.25) is 14.7 Å². The first-order valence-electron chi connectivity index (χ1n) is 14.6. The fourth-order valence-electron chi connectivity index (χ4n) is 4.81. The van der Waals surface area contributed by atoms with E-state index in [2.05, 4.69) is 56.3 Å². The Balaban J connectivity index is 1.32. The Kier molecular flexibility index (Phi) is 9.65. The lowest BCUT2D eigenvalue weighted by Crippen LogP contribution is -2.44. The van der Waals surface area contributed by atoms with Crippen LogP contribution in [0.25, 0.3) is 0 Å². The molecule has 1 fully saturated rings. The molecule has 45 heavy (non-hydrogen) atoms. The Morgan fingerprint density at radius 1 is 1.09 bits per heavy atom. The summed E-state index contributed by atoms with van der Waals surface area (Å²) in [6, 6.07) is 4.94. The van der Waals surface area contributed by atoms with E-state index >= 15 is 0 Å². The van der Waals surface area contributed by atoms with Crippen LogP contribution in [0.4, 0.5) is 23.2 Å². The molecule has 0 atom stereocenters. The third-order valence-corrected chi connectivity index (χ3v) is 7.39. The van der Waals surface area contributed by atoms with E-state index in [1.165, 1.54) is 24.4 Å². The maximum atomic E-state index is 14.6. The van der Waals surface area contributed by atoms with Crippen LogP contribution in [-0.4, -0.2) is 83.6 Å². The second kappa shape index (κ2) is 13.6. The highest BCUT2D eigenvalue weighted by Crippen LogP contribution is 2.34. The molecule has 0 saturated carbocycles. The van der Waals surface area contributed by atoms with E-state index < -0.39 is 23.6 Å². The van der Waals surface area contributed by atoms with E-state index in [0.29, 0.717) is 37.1 Å². The monoisotopic (exact) mass is 622 g/mol. The minimum atomic E-state index is -4.61. The molecule has 1 aromatic carbocycles. The molecule has 3 aliphatic heterocycles. The van der Waals surface area contributed by atoms with Gasteiger partial charge < -0.3 is 15.5 Å². The summed E-state index contributed by atoms with van der Waals surface area (Å²) < 4.78 is 56.6. The molecule has 13 heteroatoms. The Bertz CT molecular complexity index is 1630. The molecule has 4 heterocycles. The molecule has 1 saturated heterocycles. The summed E-state index contributed by atoms with van der Waals surface area (Å²) in [7, 11) is 1.98. The summed E-state index contributed by atoms with van der Waals surface area (Å²) in [5.41, 5.74) is 0.241. The standard InChI is InChI=1S/C32H34F4N8O/c1-21(2)16-38-29-9-7-26-20-44(41-29)27(18-37-26)8-5-22-14-24(17-39-30(22)33)31(45)40-25-6-4-23(28(15-25)32(34,35)36)19-43-12-10-42(3)11-13-43/h4,6-7,9,14-15,17-18,21H,10-13,16,19-20H2,1-3H3,(H,38,41)(H,40,45). The van der Waals surface area contributed by atoms with Gasteiger partial charge in [-0.05, 0) is 54.8 Å². The number of likely N-dealkylation sites (N-methyl/N-ethyl adjacent to an activating group) is 1. The van der Waals surface area contributed by atoms with Crippen molar-refractivity contribution in [2.75, 3.05) is 51.6 Å². The number of piperazine rings is 1. The van der Waals surface area contributed by atoms with Crippen LogP contribution < -0.4 is 10.6 Å². The van der Waals surface area contributed by atoms with Crippen LogP contribution in [0.3, 0.4) is 0 Å². The first kappa shape index (κ1) is 31.9. The van der Waals surface area contributed by atoms with Gasteiger partial charge in [-0.2, -0.15) is 22.7 Å². The predicted molar refractivity (Wildman–Crippen MR) is 165 cm³/mol. The Hall–Kier alpha value is -4.54. The fourth-order valence-corrected chi connectivity index (χ4v) is 4.81. The summed E-state index contributed by atoms with van der Waals surface area (Å²) in [5.74, 6) is 4.95. The largest absolute Gasteiger partial charge is 0.416 e. The molecule has 2 aromatic rings. The van der Waals surface area contributed by atoms with Gasteiger partial charge in [0, 0.05) is 51.2 Å². The van der Waals surface area contributed by atoms with Crippen molar-refractivity contribution in [1.29, 1.82) is 0 Å². The number of pyridine rings is 1. The van der Waals surface area contributed by atoms with Gasteiger partial charge in [0.25, 0.3) is 5.91 Å². The topological polar surface area (TPSA) is 88.5 Å². The first-order chi connectivity index (χ1) is 21.4. The summed E-state index contributed by atoms with van der Waals surface area (Å²) in [6.45, 7) is 8.30. The Labute approximate surface area is 259 Å². The second-order valence-electron chi connectivity index (χ2n) is 11.5. The average molecular weight is 623 g/mol. The Morgan fingerprint density at radius 2 is 1.87 bits per heavy atom. The highest BCUT2D eigenvalue weighted by atomic mass is 19.4. The van der Waals surface area contributed by atoms with E-state index in [9.17, 15) is 22.4 Å². The second-order valence-corrected chi connectivity index (χ2v) is 11.5. The number of amidine groups is 1. The number of carbonyl (C=O) groups excluding carboxylic acids is 1. The van der Waals surface area contributed by atoms with E-state index in [4.69, 9.17) is 0 Å².